The van der Waals surface area contributed by atoms with Gasteiger partial charge in [0.25, 0.3) is 10.1 Å². The summed E-state index contributed by atoms with van der Waals surface area (Å²) in [6, 6.07) is 5.99. The van der Waals surface area contributed by atoms with Gasteiger partial charge >= 0.3 is 5.97 Å². The molecule has 0 unspecified atom stereocenters. The second-order valence-electron chi connectivity index (χ2n) is 5.23. The van der Waals surface area contributed by atoms with E-state index in [-0.39, 0.29) is 17.5 Å². The Morgan fingerprint density at radius 3 is 2.14 bits per heavy atom. The van der Waals surface area contributed by atoms with Crippen molar-refractivity contribution in [3.63, 3.8) is 0 Å². The van der Waals surface area contributed by atoms with Gasteiger partial charge in [0, 0.05) is 26.9 Å². The molecule has 1 fully saturated rings. The minimum Gasteiger partial charge on any atom is -0.432 e. The first kappa shape index (κ1) is 18.6. The molecule has 0 saturated carbocycles. The van der Waals surface area contributed by atoms with Crippen LogP contribution in [0.25, 0.3) is 0 Å². The third kappa shape index (κ3) is 5.72. The van der Waals surface area contributed by atoms with E-state index in [1.54, 1.807) is 26.0 Å². The highest BCUT2D eigenvalue weighted by Gasteiger charge is 2.40. The fourth-order valence-corrected chi connectivity index (χ4v) is 2.21. The summed E-state index contributed by atoms with van der Waals surface area (Å²) in [7, 11) is -4.02. The number of benzene rings is 1. The predicted octanol–water partition coefficient (Wildman–Crippen LogP) is 1.29. The Morgan fingerprint density at radius 2 is 1.77 bits per heavy atom. The minimum atomic E-state index is -4.02. The number of hydrogen-bond donors (Lipinski definition) is 2. The van der Waals surface area contributed by atoms with E-state index in [0.29, 0.717) is 6.42 Å². The number of aryl methyl sites for hydroxylation is 1. The van der Waals surface area contributed by atoms with Crippen LogP contribution < -0.4 is 0 Å². The number of rotatable bonds is 3. The molecule has 2 N–H and O–H groups in total. The summed E-state index contributed by atoms with van der Waals surface area (Å²) in [5.41, 5.74) is 0.956. The third-order valence-electron chi connectivity index (χ3n) is 2.75. The summed E-state index contributed by atoms with van der Waals surface area (Å²) in [5, 5.41) is 8.53. The van der Waals surface area contributed by atoms with Gasteiger partial charge in [-0.2, -0.15) is 8.42 Å². The predicted molar refractivity (Wildman–Crippen MR) is 77.7 cm³/mol. The third-order valence-corrected chi connectivity index (χ3v) is 3.61. The lowest BCUT2D eigenvalue weighted by atomic mass is 10.2. The van der Waals surface area contributed by atoms with Gasteiger partial charge in [-0.25, -0.2) is 4.79 Å². The van der Waals surface area contributed by atoms with Gasteiger partial charge in [-0.15, -0.1) is 0 Å². The Labute approximate surface area is 129 Å². The second-order valence-corrected chi connectivity index (χ2v) is 6.65. The van der Waals surface area contributed by atoms with Gasteiger partial charge in [-0.05, 0) is 19.1 Å². The van der Waals surface area contributed by atoms with Gasteiger partial charge in [-0.3, -0.25) is 4.55 Å². The Morgan fingerprint density at radius 1 is 1.23 bits per heavy atom. The molecule has 0 aromatic heterocycles. The lowest BCUT2D eigenvalue weighted by molar-refractivity contribution is -0.160. The highest BCUT2D eigenvalue weighted by Crippen LogP contribution is 2.24. The van der Waals surface area contributed by atoms with Gasteiger partial charge in [0.15, 0.2) is 6.10 Å². The van der Waals surface area contributed by atoms with Gasteiger partial charge in [0.05, 0.1) is 4.90 Å². The number of aliphatic hydroxyl groups is 1. The standard InChI is InChI=1S/C7H12O4.C7H8O3S/c1-7(2)10-5(3-4-8)6(9)11-7;1-6-2-4-7(5-3-6)11(8,9)10/h5,8H,3-4H2,1-2H3;2-5H,1H3,(H,8,9,10)/t5-;/m1./s1. The summed E-state index contributed by atoms with van der Waals surface area (Å²) >= 11 is 0. The van der Waals surface area contributed by atoms with Gasteiger partial charge in [-0.1, -0.05) is 17.7 Å². The number of ether oxygens (including phenoxy) is 2. The zero-order chi connectivity index (χ0) is 17.0. The van der Waals surface area contributed by atoms with Gasteiger partial charge in [0.1, 0.15) is 0 Å². The molecule has 2 rings (SSSR count). The fourth-order valence-electron chi connectivity index (χ4n) is 1.73. The van der Waals surface area contributed by atoms with Crippen LogP contribution in [-0.4, -0.2) is 42.5 Å². The lowest BCUT2D eigenvalue weighted by Crippen LogP contribution is -2.21. The van der Waals surface area contributed by atoms with E-state index in [1.165, 1.54) is 12.1 Å². The Hall–Kier alpha value is -1.48. The second kappa shape index (κ2) is 7.19. The molecule has 1 aliphatic rings. The van der Waals surface area contributed by atoms with Crippen molar-refractivity contribution in [1.82, 2.24) is 0 Å². The van der Waals surface area contributed by atoms with Crippen molar-refractivity contribution in [3.05, 3.63) is 29.8 Å². The van der Waals surface area contributed by atoms with Crippen LogP contribution in [0.4, 0.5) is 0 Å². The van der Waals surface area contributed by atoms with Crippen molar-refractivity contribution in [1.29, 1.82) is 0 Å². The zero-order valence-corrected chi connectivity index (χ0v) is 13.5. The van der Waals surface area contributed by atoms with Crippen LogP contribution >= 0.6 is 0 Å². The Bertz CT molecular complexity index is 605. The molecule has 0 bridgehead atoms. The normalized spacial score (nSPS) is 20.0. The molecular weight excluding hydrogens is 312 g/mol. The van der Waals surface area contributed by atoms with E-state index in [2.05, 4.69) is 0 Å². The molecule has 7 nitrogen and oxygen atoms in total. The average molecular weight is 332 g/mol. The molecule has 124 valence electrons. The van der Waals surface area contributed by atoms with E-state index in [9.17, 15) is 13.2 Å². The summed E-state index contributed by atoms with van der Waals surface area (Å²) in [6.07, 6.45) is -0.280. The first-order chi connectivity index (χ1) is 10.0. The van der Waals surface area contributed by atoms with E-state index < -0.39 is 22.0 Å². The highest BCUT2D eigenvalue weighted by atomic mass is 32.2. The maximum Gasteiger partial charge on any atom is 0.338 e. The molecule has 0 amide bonds. The van der Waals surface area contributed by atoms with E-state index in [4.69, 9.17) is 19.1 Å². The van der Waals surface area contributed by atoms with E-state index >= 15 is 0 Å². The number of aliphatic hydroxyl groups excluding tert-OH is 1. The summed E-state index contributed by atoms with van der Waals surface area (Å²) < 4.78 is 39.6. The van der Waals surface area contributed by atoms with Gasteiger partial charge in [0.2, 0.25) is 5.79 Å². The average Bonchev–Trinajstić information content (AvgIpc) is 2.63. The maximum absolute atomic E-state index is 10.9. The monoisotopic (exact) mass is 332 g/mol. The van der Waals surface area contributed by atoms with Crippen LogP contribution in [0.15, 0.2) is 29.2 Å². The number of carbonyl (C=O) groups excluding carboxylic acids is 1. The Balaban J connectivity index is 0.000000220. The molecule has 1 aromatic carbocycles. The summed E-state index contributed by atoms with van der Waals surface area (Å²) in [6.45, 7) is 5.12. The number of carbonyl (C=O) groups is 1. The van der Waals surface area contributed by atoms with Crippen LogP contribution in [0.2, 0.25) is 0 Å². The SMILES string of the molecule is CC1(C)OC(=O)[C@@H](CCO)O1.Cc1ccc(S(=O)(=O)O)cc1. The Kier molecular flexibility index (Phi) is 6.07. The van der Waals surface area contributed by atoms with Gasteiger partial charge < -0.3 is 14.6 Å². The van der Waals surface area contributed by atoms with Crippen LogP contribution in [0.1, 0.15) is 25.8 Å². The lowest BCUT2D eigenvalue weighted by Gasteiger charge is -2.14. The smallest absolute Gasteiger partial charge is 0.338 e. The minimum absolute atomic E-state index is 0.0597. The van der Waals surface area contributed by atoms with Crippen LogP contribution in [0.3, 0.4) is 0 Å². The fraction of sp³-hybridized carbons (Fsp3) is 0.500. The van der Waals surface area contributed by atoms with E-state index in [1.807, 2.05) is 6.92 Å². The maximum atomic E-state index is 10.9. The highest BCUT2D eigenvalue weighted by molar-refractivity contribution is 7.85. The topological polar surface area (TPSA) is 110 Å². The molecule has 0 spiro atoms. The number of cyclic esters (lactones) is 1. The van der Waals surface area contributed by atoms with Crippen molar-refractivity contribution in [2.45, 2.75) is 44.0 Å². The molecule has 1 saturated heterocycles. The largest absolute Gasteiger partial charge is 0.432 e. The zero-order valence-electron chi connectivity index (χ0n) is 12.6. The first-order valence-electron chi connectivity index (χ1n) is 6.61. The summed E-state index contributed by atoms with van der Waals surface area (Å²) in [5.74, 6) is -1.21. The number of hydrogen-bond acceptors (Lipinski definition) is 6. The van der Waals surface area contributed by atoms with Crippen LogP contribution in [-0.2, 0) is 24.4 Å². The molecule has 22 heavy (non-hydrogen) atoms. The van der Waals surface area contributed by atoms with Crippen molar-refractivity contribution >= 4 is 16.1 Å². The summed E-state index contributed by atoms with van der Waals surface area (Å²) in [4.78, 5) is 10.9. The molecule has 1 aliphatic heterocycles. The molecule has 0 aliphatic carbocycles. The van der Waals surface area contributed by atoms with Crippen molar-refractivity contribution in [2.75, 3.05) is 6.61 Å². The van der Waals surface area contributed by atoms with Crippen LogP contribution in [0, 0.1) is 6.92 Å². The molecule has 1 heterocycles. The number of esters is 1. The van der Waals surface area contributed by atoms with Crippen molar-refractivity contribution < 1.29 is 32.3 Å². The quantitative estimate of drug-likeness (QED) is 0.634. The van der Waals surface area contributed by atoms with E-state index in [0.717, 1.165) is 5.56 Å². The van der Waals surface area contributed by atoms with Crippen molar-refractivity contribution in [3.8, 4) is 0 Å². The van der Waals surface area contributed by atoms with Crippen molar-refractivity contribution in [2.24, 2.45) is 0 Å². The molecule has 1 atom stereocenters. The molecule has 8 heteroatoms. The molecule has 0 radical (unpaired) electrons. The van der Waals surface area contributed by atoms with Crippen LogP contribution in [0.5, 0.6) is 0 Å². The molecule has 1 aromatic rings. The molecular formula is C14H20O7S. The first-order valence-corrected chi connectivity index (χ1v) is 8.05.